The van der Waals surface area contributed by atoms with Crippen molar-refractivity contribution in [2.45, 2.75) is 32.4 Å². The average Bonchev–Trinajstić information content (AvgIpc) is 3.37. The standard InChI is InChI=1S/C18H19ClN6OS/c1-12-14(16(19)24(23-12)11-13-6-3-2-4-7-13)10-20-25-17(21-22-18(25)27)15-8-5-9-26-15/h2-4,6-7,10,15H,5,8-9,11H2,1H3,(H,22,27)/b20-10-/t15-/m0/s1. The van der Waals surface area contributed by atoms with E-state index in [0.29, 0.717) is 22.3 Å². The molecule has 1 fully saturated rings. The molecule has 1 atom stereocenters. The third kappa shape index (κ3) is 3.73. The first-order chi connectivity index (χ1) is 13.1. The molecule has 4 rings (SSSR count). The quantitative estimate of drug-likeness (QED) is 0.519. The second-order valence-electron chi connectivity index (χ2n) is 6.38. The molecule has 9 heteroatoms. The number of aromatic amines is 1. The maximum atomic E-state index is 6.55. The molecule has 1 aliphatic heterocycles. The predicted octanol–water partition coefficient (Wildman–Crippen LogP) is 3.88. The highest BCUT2D eigenvalue weighted by atomic mass is 35.5. The van der Waals surface area contributed by atoms with Crippen LogP contribution >= 0.6 is 23.8 Å². The summed E-state index contributed by atoms with van der Waals surface area (Å²) in [5, 5.41) is 16.6. The van der Waals surface area contributed by atoms with E-state index in [0.717, 1.165) is 36.3 Å². The second kappa shape index (κ2) is 7.75. The number of ether oxygens (including phenoxy) is 1. The zero-order chi connectivity index (χ0) is 18.8. The van der Waals surface area contributed by atoms with E-state index in [-0.39, 0.29) is 6.10 Å². The molecular weight excluding hydrogens is 384 g/mol. The minimum absolute atomic E-state index is 0.0903. The first-order valence-electron chi connectivity index (χ1n) is 8.73. The van der Waals surface area contributed by atoms with Crippen LogP contribution in [0.3, 0.4) is 0 Å². The highest BCUT2D eigenvalue weighted by Crippen LogP contribution is 2.27. The van der Waals surface area contributed by atoms with Gasteiger partial charge in [0, 0.05) is 6.61 Å². The third-order valence-electron chi connectivity index (χ3n) is 4.48. The molecule has 3 heterocycles. The van der Waals surface area contributed by atoms with E-state index in [1.165, 1.54) is 0 Å². The molecule has 1 aromatic carbocycles. The monoisotopic (exact) mass is 402 g/mol. The Bertz CT molecular complexity index is 1020. The Kier molecular flexibility index (Phi) is 5.20. The van der Waals surface area contributed by atoms with Gasteiger partial charge in [-0.2, -0.15) is 20.0 Å². The number of hydrogen-bond acceptors (Lipinski definition) is 5. The zero-order valence-electron chi connectivity index (χ0n) is 14.8. The molecule has 0 amide bonds. The van der Waals surface area contributed by atoms with Crippen molar-refractivity contribution in [2.24, 2.45) is 5.10 Å². The molecule has 2 aromatic heterocycles. The molecule has 0 radical (unpaired) electrons. The summed E-state index contributed by atoms with van der Waals surface area (Å²) in [4.78, 5) is 0. The van der Waals surface area contributed by atoms with E-state index in [9.17, 15) is 0 Å². The smallest absolute Gasteiger partial charge is 0.216 e. The van der Waals surface area contributed by atoms with Gasteiger partial charge in [-0.25, -0.2) is 4.68 Å². The molecule has 3 aromatic rings. The number of halogens is 1. The van der Waals surface area contributed by atoms with Crippen molar-refractivity contribution in [3.63, 3.8) is 0 Å². The van der Waals surface area contributed by atoms with Crippen LogP contribution in [0.2, 0.25) is 5.15 Å². The summed E-state index contributed by atoms with van der Waals surface area (Å²) >= 11 is 11.9. The lowest BCUT2D eigenvalue weighted by atomic mass is 10.2. The summed E-state index contributed by atoms with van der Waals surface area (Å²) in [5.41, 5.74) is 2.69. The molecule has 1 saturated heterocycles. The van der Waals surface area contributed by atoms with Crippen LogP contribution in [0.15, 0.2) is 35.4 Å². The molecule has 140 valence electrons. The first kappa shape index (κ1) is 18.1. The summed E-state index contributed by atoms with van der Waals surface area (Å²) in [6, 6.07) is 10.1. The fourth-order valence-electron chi connectivity index (χ4n) is 3.10. The van der Waals surface area contributed by atoms with Gasteiger partial charge in [0.15, 0.2) is 5.82 Å². The predicted molar refractivity (Wildman–Crippen MR) is 106 cm³/mol. The summed E-state index contributed by atoms with van der Waals surface area (Å²) < 4.78 is 9.48. The van der Waals surface area contributed by atoms with Gasteiger partial charge >= 0.3 is 0 Å². The van der Waals surface area contributed by atoms with Crippen molar-refractivity contribution in [3.05, 3.63) is 62.9 Å². The highest BCUT2D eigenvalue weighted by molar-refractivity contribution is 7.71. The van der Waals surface area contributed by atoms with Crippen LogP contribution in [0.4, 0.5) is 0 Å². The van der Waals surface area contributed by atoms with Crippen LogP contribution in [0.5, 0.6) is 0 Å². The number of aromatic nitrogens is 5. The molecule has 27 heavy (non-hydrogen) atoms. The van der Waals surface area contributed by atoms with Crippen molar-refractivity contribution < 1.29 is 4.74 Å². The normalized spacial score (nSPS) is 17.2. The van der Waals surface area contributed by atoms with Gasteiger partial charge in [0.2, 0.25) is 4.77 Å². The van der Waals surface area contributed by atoms with Gasteiger partial charge in [0.1, 0.15) is 11.3 Å². The summed E-state index contributed by atoms with van der Waals surface area (Å²) in [6.07, 6.45) is 3.50. The van der Waals surface area contributed by atoms with Crippen LogP contribution < -0.4 is 0 Å². The number of nitrogens with one attached hydrogen (secondary N) is 1. The lowest BCUT2D eigenvalue weighted by molar-refractivity contribution is 0.102. The van der Waals surface area contributed by atoms with E-state index in [2.05, 4.69) is 20.4 Å². The Balaban J connectivity index is 1.62. The topological polar surface area (TPSA) is 73.0 Å². The lowest BCUT2D eigenvalue weighted by Crippen LogP contribution is -2.05. The lowest BCUT2D eigenvalue weighted by Gasteiger charge is -2.07. The number of aryl methyl sites for hydroxylation is 1. The minimum atomic E-state index is -0.0903. The maximum absolute atomic E-state index is 6.55. The van der Waals surface area contributed by atoms with Gasteiger partial charge in [-0.15, -0.1) is 0 Å². The van der Waals surface area contributed by atoms with Gasteiger partial charge in [0.05, 0.1) is 24.0 Å². The highest BCUT2D eigenvalue weighted by Gasteiger charge is 2.23. The van der Waals surface area contributed by atoms with Crippen molar-refractivity contribution in [1.29, 1.82) is 0 Å². The molecule has 1 aliphatic rings. The van der Waals surface area contributed by atoms with Crippen LogP contribution in [0, 0.1) is 11.7 Å². The van der Waals surface area contributed by atoms with Gasteiger partial charge in [-0.1, -0.05) is 41.9 Å². The van der Waals surface area contributed by atoms with E-state index < -0.39 is 0 Å². The van der Waals surface area contributed by atoms with E-state index in [1.807, 2.05) is 37.3 Å². The van der Waals surface area contributed by atoms with Crippen molar-refractivity contribution in [2.75, 3.05) is 6.61 Å². The van der Waals surface area contributed by atoms with E-state index in [4.69, 9.17) is 28.6 Å². The summed E-state index contributed by atoms with van der Waals surface area (Å²) in [5.74, 6) is 0.680. The summed E-state index contributed by atoms with van der Waals surface area (Å²) in [6.45, 7) is 3.23. The molecule has 0 saturated carbocycles. The number of H-pyrrole nitrogens is 1. The fourth-order valence-corrected chi connectivity index (χ4v) is 3.56. The van der Waals surface area contributed by atoms with Gasteiger partial charge in [-0.05, 0) is 37.5 Å². The fraction of sp³-hybridized carbons (Fsp3) is 0.333. The first-order valence-corrected chi connectivity index (χ1v) is 9.52. The molecule has 0 spiro atoms. The maximum Gasteiger partial charge on any atom is 0.216 e. The van der Waals surface area contributed by atoms with Gasteiger partial charge in [-0.3, -0.25) is 5.10 Å². The number of benzene rings is 1. The van der Waals surface area contributed by atoms with Crippen molar-refractivity contribution in [3.8, 4) is 0 Å². The molecule has 7 nitrogen and oxygen atoms in total. The zero-order valence-corrected chi connectivity index (χ0v) is 16.4. The Morgan fingerprint density at radius 2 is 2.22 bits per heavy atom. The van der Waals surface area contributed by atoms with Gasteiger partial charge in [0.25, 0.3) is 0 Å². The van der Waals surface area contributed by atoms with E-state index in [1.54, 1.807) is 15.6 Å². The molecular formula is C18H19ClN6OS. The van der Waals surface area contributed by atoms with Crippen LogP contribution in [-0.4, -0.2) is 37.5 Å². The SMILES string of the molecule is Cc1nn(Cc2ccccc2)c(Cl)c1/C=N\n1c([C@@H]2CCCO2)n[nH]c1=S. The largest absolute Gasteiger partial charge is 0.370 e. The van der Waals surface area contributed by atoms with Crippen LogP contribution in [0.25, 0.3) is 0 Å². The van der Waals surface area contributed by atoms with Gasteiger partial charge < -0.3 is 4.74 Å². The Morgan fingerprint density at radius 1 is 1.41 bits per heavy atom. The third-order valence-corrected chi connectivity index (χ3v) is 5.14. The van der Waals surface area contributed by atoms with Crippen LogP contribution in [-0.2, 0) is 11.3 Å². The minimum Gasteiger partial charge on any atom is -0.370 e. The molecule has 1 N–H and O–H groups in total. The van der Waals surface area contributed by atoms with Crippen molar-refractivity contribution >= 4 is 30.0 Å². The second-order valence-corrected chi connectivity index (χ2v) is 7.12. The number of rotatable bonds is 5. The van der Waals surface area contributed by atoms with E-state index >= 15 is 0 Å². The Labute approximate surface area is 166 Å². The molecule has 0 aliphatic carbocycles. The Morgan fingerprint density at radius 3 is 2.96 bits per heavy atom. The molecule has 0 unspecified atom stereocenters. The Hall–Kier alpha value is -2.29. The number of hydrogen-bond donors (Lipinski definition) is 1. The molecule has 0 bridgehead atoms. The average molecular weight is 403 g/mol. The summed E-state index contributed by atoms with van der Waals surface area (Å²) in [7, 11) is 0. The van der Waals surface area contributed by atoms with Crippen LogP contribution in [0.1, 0.15) is 41.6 Å². The number of nitrogens with zero attached hydrogens (tertiary/aromatic N) is 5. The van der Waals surface area contributed by atoms with Crippen molar-refractivity contribution in [1.82, 2.24) is 24.7 Å².